The molecule has 0 aliphatic carbocycles. The van der Waals surface area contributed by atoms with Crippen LogP contribution in [0.2, 0.25) is 10.0 Å². The molecular weight excluding hydrogens is 540 g/mol. The van der Waals surface area contributed by atoms with E-state index in [0.717, 1.165) is 37.1 Å². The van der Waals surface area contributed by atoms with Crippen LogP contribution in [0.15, 0.2) is 71.8 Å². The number of anilines is 4. The maximum atomic E-state index is 13.4. The molecule has 5 rings (SSSR count). The first kappa shape index (κ1) is 26.6. The van der Waals surface area contributed by atoms with Crippen molar-refractivity contribution in [2.24, 2.45) is 5.10 Å². The van der Waals surface area contributed by atoms with Gasteiger partial charge < -0.3 is 15.0 Å². The fourth-order valence-corrected chi connectivity index (χ4v) is 4.50. The number of ether oxygens (including phenoxy) is 1. The summed E-state index contributed by atoms with van der Waals surface area (Å²) in [7, 11) is 0. The molecule has 8 nitrogen and oxygen atoms in total. The Morgan fingerprint density at radius 1 is 0.923 bits per heavy atom. The van der Waals surface area contributed by atoms with E-state index in [0.29, 0.717) is 33.4 Å². The van der Waals surface area contributed by atoms with E-state index in [-0.39, 0.29) is 18.4 Å². The summed E-state index contributed by atoms with van der Waals surface area (Å²) < 4.78 is 19.4. The molecule has 0 saturated carbocycles. The van der Waals surface area contributed by atoms with E-state index in [1.165, 1.54) is 18.6 Å². The van der Waals surface area contributed by atoms with Gasteiger partial charge >= 0.3 is 0 Å². The lowest BCUT2D eigenvalue weighted by atomic mass is 10.1. The third-order valence-electron chi connectivity index (χ3n) is 6.05. The quantitative estimate of drug-likeness (QED) is 0.165. The SMILES string of the molecule is Fc1ccc(Nc2nc(N/N=C/c3ccccc3OCc3ccc(Cl)cc3Cl)nc(N3CCCCC3)n2)cc1. The summed E-state index contributed by atoms with van der Waals surface area (Å²) in [5.41, 5.74) is 5.15. The molecule has 2 heterocycles. The summed E-state index contributed by atoms with van der Waals surface area (Å²) in [6.45, 7) is 2.01. The third-order valence-corrected chi connectivity index (χ3v) is 6.64. The Morgan fingerprint density at radius 3 is 2.49 bits per heavy atom. The van der Waals surface area contributed by atoms with Crippen LogP contribution in [-0.2, 0) is 6.61 Å². The number of piperidine rings is 1. The van der Waals surface area contributed by atoms with Gasteiger partial charge in [0, 0.05) is 39.9 Å². The van der Waals surface area contributed by atoms with Gasteiger partial charge in [-0.2, -0.15) is 20.1 Å². The number of para-hydroxylation sites is 1. The monoisotopic (exact) mass is 565 g/mol. The molecule has 1 saturated heterocycles. The number of nitrogens with zero attached hydrogens (tertiary/aromatic N) is 5. The van der Waals surface area contributed by atoms with Crippen molar-refractivity contribution in [2.75, 3.05) is 28.7 Å². The molecule has 0 amide bonds. The van der Waals surface area contributed by atoms with Crippen molar-refractivity contribution in [1.29, 1.82) is 0 Å². The highest BCUT2D eigenvalue weighted by atomic mass is 35.5. The van der Waals surface area contributed by atoms with Gasteiger partial charge in [-0.05, 0) is 67.8 Å². The lowest BCUT2D eigenvalue weighted by Crippen LogP contribution is -2.31. The highest BCUT2D eigenvalue weighted by Gasteiger charge is 2.16. The molecule has 1 aliphatic rings. The van der Waals surface area contributed by atoms with Crippen LogP contribution in [0.1, 0.15) is 30.4 Å². The summed E-state index contributed by atoms with van der Waals surface area (Å²) in [5, 5.41) is 8.59. The van der Waals surface area contributed by atoms with E-state index >= 15 is 0 Å². The molecule has 3 aromatic carbocycles. The smallest absolute Gasteiger partial charge is 0.250 e. The minimum Gasteiger partial charge on any atom is -0.488 e. The Kier molecular flexibility index (Phi) is 8.70. The summed E-state index contributed by atoms with van der Waals surface area (Å²) in [6, 6.07) is 18.8. The largest absolute Gasteiger partial charge is 0.488 e. The Bertz CT molecular complexity index is 1450. The van der Waals surface area contributed by atoms with Crippen molar-refractivity contribution in [3.8, 4) is 5.75 Å². The molecule has 4 aromatic rings. The summed E-state index contributed by atoms with van der Waals surface area (Å²) in [6.07, 6.45) is 4.97. The van der Waals surface area contributed by atoms with Crippen LogP contribution in [0.25, 0.3) is 0 Å². The molecule has 1 fully saturated rings. The third kappa shape index (κ3) is 7.34. The molecule has 0 bridgehead atoms. The Morgan fingerprint density at radius 2 is 1.69 bits per heavy atom. The van der Waals surface area contributed by atoms with Crippen molar-refractivity contribution < 1.29 is 9.13 Å². The topological polar surface area (TPSA) is 87.6 Å². The van der Waals surface area contributed by atoms with E-state index in [1.54, 1.807) is 30.5 Å². The molecule has 1 aromatic heterocycles. The van der Waals surface area contributed by atoms with Crippen LogP contribution in [-0.4, -0.2) is 34.3 Å². The van der Waals surface area contributed by atoms with Crippen LogP contribution in [0.5, 0.6) is 5.75 Å². The average Bonchev–Trinajstić information content (AvgIpc) is 2.95. The average molecular weight is 566 g/mol. The molecule has 0 unspecified atom stereocenters. The number of benzene rings is 3. The fourth-order valence-electron chi connectivity index (χ4n) is 4.04. The number of hydrogen-bond donors (Lipinski definition) is 2. The second-order valence-electron chi connectivity index (χ2n) is 8.89. The second-order valence-corrected chi connectivity index (χ2v) is 9.74. The van der Waals surface area contributed by atoms with Gasteiger partial charge in [0.05, 0.1) is 6.21 Å². The van der Waals surface area contributed by atoms with E-state index in [9.17, 15) is 4.39 Å². The van der Waals surface area contributed by atoms with Gasteiger partial charge in [-0.3, -0.25) is 0 Å². The van der Waals surface area contributed by atoms with Crippen LogP contribution in [0, 0.1) is 5.82 Å². The minimum absolute atomic E-state index is 0.276. The zero-order valence-electron chi connectivity index (χ0n) is 20.9. The van der Waals surface area contributed by atoms with E-state index in [4.69, 9.17) is 27.9 Å². The first-order chi connectivity index (χ1) is 19.0. The van der Waals surface area contributed by atoms with Gasteiger partial charge in [0.1, 0.15) is 18.2 Å². The number of rotatable bonds is 9. The standard InChI is InChI=1S/C28H26Cl2FN7O/c29-21-9-8-20(24(30)16-21)18-39-25-7-3-2-6-19(25)17-32-37-27-34-26(33-23-12-10-22(31)11-13-23)35-28(36-27)38-14-4-1-5-15-38/h2-3,6-13,16-17H,1,4-5,14-15,18H2,(H2,33,34,35,36,37)/b32-17+. The van der Waals surface area contributed by atoms with Gasteiger partial charge in [-0.25, -0.2) is 9.82 Å². The first-order valence-corrected chi connectivity index (χ1v) is 13.3. The van der Waals surface area contributed by atoms with E-state index in [2.05, 4.69) is 35.7 Å². The molecule has 0 atom stereocenters. The van der Waals surface area contributed by atoms with Gasteiger partial charge in [0.2, 0.25) is 17.8 Å². The van der Waals surface area contributed by atoms with Crippen LogP contribution < -0.4 is 20.4 Å². The molecule has 2 N–H and O–H groups in total. The Balaban J connectivity index is 1.32. The number of nitrogens with one attached hydrogen (secondary N) is 2. The predicted molar refractivity (Wildman–Crippen MR) is 154 cm³/mol. The number of halogens is 3. The van der Waals surface area contributed by atoms with Gasteiger partial charge in [-0.15, -0.1) is 0 Å². The molecule has 1 aliphatic heterocycles. The molecule has 39 heavy (non-hydrogen) atoms. The van der Waals surface area contributed by atoms with Crippen molar-refractivity contribution in [3.05, 3.63) is 93.7 Å². The number of aromatic nitrogens is 3. The first-order valence-electron chi connectivity index (χ1n) is 12.5. The summed E-state index contributed by atoms with van der Waals surface area (Å²) >= 11 is 12.3. The van der Waals surface area contributed by atoms with Gasteiger partial charge in [0.25, 0.3) is 0 Å². The highest BCUT2D eigenvalue weighted by Crippen LogP contribution is 2.24. The predicted octanol–water partition coefficient (Wildman–Crippen LogP) is 7.08. The Hall–Kier alpha value is -3.95. The molecule has 0 spiro atoms. The van der Waals surface area contributed by atoms with Crippen LogP contribution in [0.3, 0.4) is 0 Å². The lowest BCUT2D eigenvalue weighted by molar-refractivity contribution is 0.306. The number of hydrazone groups is 1. The van der Waals surface area contributed by atoms with Crippen molar-refractivity contribution >= 4 is 52.9 Å². The summed E-state index contributed by atoms with van der Waals surface area (Å²) in [4.78, 5) is 15.8. The van der Waals surface area contributed by atoms with Gasteiger partial charge in [-0.1, -0.05) is 41.4 Å². The Labute approximate surface area is 235 Å². The van der Waals surface area contributed by atoms with E-state index in [1.807, 2.05) is 30.3 Å². The lowest BCUT2D eigenvalue weighted by Gasteiger charge is -2.26. The minimum atomic E-state index is -0.317. The molecule has 200 valence electrons. The second kappa shape index (κ2) is 12.7. The maximum absolute atomic E-state index is 13.4. The molecule has 11 heteroatoms. The van der Waals surface area contributed by atoms with Crippen molar-refractivity contribution in [2.45, 2.75) is 25.9 Å². The van der Waals surface area contributed by atoms with Crippen molar-refractivity contribution in [1.82, 2.24) is 15.0 Å². The summed E-state index contributed by atoms with van der Waals surface area (Å²) in [5.74, 6) is 1.48. The number of hydrogen-bond acceptors (Lipinski definition) is 8. The normalized spacial score (nSPS) is 13.5. The highest BCUT2D eigenvalue weighted by molar-refractivity contribution is 6.35. The van der Waals surface area contributed by atoms with E-state index < -0.39 is 0 Å². The molecular formula is C28H26Cl2FN7O. The molecule has 0 radical (unpaired) electrons. The van der Waals surface area contributed by atoms with Crippen molar-refractivity contribution in [3.63, 3.8) is 0 Å². The van der Waals surface area contributed by atoms with Gasteiger partial charge in [0.15, 0.2) is 0 Å². The zero-order chi connectivity index (χ0) is 27.0. The van der Waals surface area contributed by atoms with Crippen LogP contribution >= 0.6 is 23.2 Å². The fraction of sp³-hybridized carbons (Fsp3) is 0.214. The zero-order valence-corrected chi connectivity index (χ0v) is 22.5. The van der Waals surface area contributed by atoms with Crippen LogP contribution in [0.4, 0.5) is 27.9 Å². The maximum Gasteiger partial charge on any atom is 0.250 e.